The summed E-state index contributed by atoms with van der Waals surface area (Å²) in [6.07, 6.45) is 35.4. The Hall–Kier alpha value is -2.57. The first-order chi connectivity index (χ1) is 33.6. The molecular weight excluding hydrogens is 885 g/mol. The summed E-state index contributed by atoms with van der Waals surface area (Å²) in [6.45, 7) is 3.48. The first kappa shape index (κ1) is 62.5. The summed E-state index contributed by atoms with van der Waals surface area (Å²) in [7, 11) is 0. The smallest absolute Gasteiger partial charge is 0.306 e. The third kappa shape index (κ3) is 29.5. The second kappa shape index (κ2) is 42.0. The van der Waals surface area contributed by atoms with Crippen LogP contribution in [0.3, 0.4) is 0 Å². The van der Waals surface area contributed by atoms with Crippen molar-refractivity contribution in [2.24, 2.45) is 0 Å². The SMILES string of the molecule is CC/C=C\C/C=C\C/C=C\C/C=C\C/C=C\C/C=C\CCCCCOCC(COC1OC(COC2OC(CO)C(O)C(O)C2O)C(O)C(O)C1O)OC(=O)CCCCCCCCCCCCCCC. The second-order valence-electron chi connectivity index (χ2n) is 18.3. The number of ether oxygens (including phenoxy) is 6. The van der Waals surface area contributed by atoms with Crippen LogP contribution in [0.5, 0.6) is 0 Å². The van der Waals surface area contributed by atoms with Gasteiger partial charge in [-0.25, -0.2) is 0 Å². The lowest BCUT2D eigenvalue weighted by atomic mass is 9.98. The number of unbranched alkanes of at least 4 members (excludes halogenated alkanes) is 15. The van der Waals surface area contributed by atoms with E-state index in [-0.39, 0.29) is 19.6 Å². The molecule has 0 aromatic rings. The number of rotatable bonds is 41. The first-order valence-electron chi connectivity index (χ1n) is 26.5. The van der Waals surface area contributed by atoms with E-state index in [4.69, 9.17) is 28.4 Å². The van der Waals surface area contributed by atoms with Gasteiger partial charge in [-0.1, -0.05) is 170 Å². The van der Waals surface area contributed by atoms with E-state index in [9.17, 15) is 40.5 Å². The number of carbonyl (C=O) groups is 1. The number of hydrogen-bond acceptors (Lipinski definition) is 14. The molecule has 2 fully saturated rings. The highest BCUT2D eigenvalue weighted by Crippen LogP contribution is 2.26. The number of aliphatic hydroxyl groups is 7. The molecule has 2 aliphatic heterocycles. The van der Waals surface area contributed by atoms with Gasteiger partial charge < -0.3 is 64.2 Å². The van der Waals surface area contributed by atoms with E-state index in [2.05, 4.69) is 86.8 Å². The molecule has 0 aromatic heterocycles. The Morgan fingerprint density at radius 2 is 0.942 bits per heavy atom. The van der Waals surface area contributed by atoms with Crippen LogP contribution in [0.1, 0.15) is 168 Å². The maximum absolute atomic E-state index is 13.0. The highest BCUT2D eigenvalue weighted by Gasteiger charge is 2.47. The van der Waals surface area contributed by atoms with Crippen LogP contribution in [0.25, 0.3) is 0 Å². The van der Waals surface area contributed by atoms with E-state index in [0.29, 0.717) is 13.0 Å². The normalized spacial score (nSPS) is 26.3. The Morgan fingerprint density at radius 3 is 1.46 bits per heavy atom. The lowest BCUT2D eigenvalue weighted by Crippen LogP contribution is -2.61. The molecule has 2 saturated heterocycles. The van der Waals surface area contributed by atoms with Gasteiger partial charge in [0.15, 0.2) is 12.6 Å². The number of aliphatic hydroxyl groups excluding tert-OH is 7. The summed E-state index contributed by atoms with van der Waals surface area (Å²) in [5.74, 6) is -0.391. The van der Waals surface area contributed by atoms with Crippen LogP contribution in [-0.2, 0) is 33.2 Å². The fourth-order valence-electron chi connectivity index (χ4n) is 7.93. The minimum absolute atomic E-state index is 0.0368. The molecule has 2 rings (SSSR count). The molecule has 398 valence electrons. The van der Waals surface area contributed by atoms with E-state index in [0.717, 1.165) is 83.5 Å². The molecule has 7 N–H and O–H groups in total. The molecule has 0 amide bonds. The number of esters is 1. The highest BCUT2D eigenvalue weighted by atomic mass is 16.7. The van der Waals surface area contributed by atoms with Crippen LogP contribution in [0.15, 0.2) is 72.9 Å². The molecule has 0 saturated carbocycles. The molecule has 11 unspecified atom stereocenters. The second-order valence-corrected chi connectivity index (χ2v) is 18.3. The van der Waals surface area contributed by atoms with Gasteiger partial charge in [-0.05, 0) is 64.2 Å². The number of hydrogen-bond donors (Lipinski definition) is 7. The average molecular weight is 979 g/mol. The molecular formula is C55H94O14. The van der Waals surface area contributed by atoms with Gasteiger partial charge in [0.05, 0.1) is 26.4 Å². The van der Waals surface area contributed by atoms with Gasteiger partial charge in [0, 0.05) is 13.0 Å². The predicted octanol–water partition coefficient (Wildman–Crippen LogP) is 8.29. The monoisotopic (exact) mass is 979 g/mol. The molecule has 14 nitrogen and oxygen atoms in total. The lowest BCUT2D eigenvalue weighted by Gasteiger charge is -2.42. The molecule has 0 spiro atoms. The summed E-state index contributed by atoms with van der Waals surface area (Å²) in [5.41, 5.74) is 0. The van der Waals surface area contributed by atoms with E-state index >= 15 is 0 Å². The van der Waals surface area contributed by atoms with Gasteiger partial charge in [-0.2, -0.15) is 0 Å². The summed E-state index contributed by atoms with van der Waals surface area (Å²) in [5, 5.41) is 72.2. The Kier molecular flexibility index (Phi) is 38.1. The van der Waals surface area contributed by atoms with E-state index < -0.39 is 86.7 Å². The van der Waals surface area contributed by atoms with Crippen LogP contribution < -0.4 is 0 Å². The Labute approximate surface area is 415 Å². The fraction of sp³-hybridized carbons (Fsp3) is 0.764. The van der Waals surface area contributed by atoms with Crippen LogP contribution >= 0.6 is 0 Å². The van der Waals surface area contributed by atoms with Crippen molar-refractivity contribution in [2.75, 3.05) is 33.0 Å². The quantitative estimate of drug-likeness (QED) is 0.0175. The molecule has 0 radical (unpaired) electrons. The van der Waals surface area contributed by atoms with Crippen LogP contribution in [0.4, 0.5) is 0 Å². The Morgan fingerprint density at radius 1 is 0.493 bits per heavy atom. The molecule has 0 aromatic carbocycles. The minimum Gasteiger partial charge on any atom is -0.457 e. The maximum Gasteiger partial charge on any atom is 0.306 e. The molecule has 0 aliphatic carbocycles. The average Bonchev–Trinajstić information content (AvgIpc) is 3.35. The summed E-state index contributed by atoms with van der Waals surface area (Å²) in [6, 6.07) is 0. The molecule has 14 heteroatoms. The topological polar surface area (TPSA) is 214 Å². The van der Waals surface area contributed by atoms with E-state index in [1.54, 1.807) is 0 Å². The number of allylic oxidation sites excluding steroid dienone is 12. The molecule has 11 atom stereocenters. The van der Waals surface area contributed by atoms with Gasteiger partial charge in [-0.15, -0.1) is 0 Å². The van der Waals surface area contributed by atoms with Gasteiger partial charge in [0.2, 0.25) is 0 Å². The summed E-state index contributed by atoms with van der Waals surface area (Å²) < 4.78 is 34.2. The summed E-state index contributed by atoms with van der Waals surface area (Å²) in [4.78, 5) is 13.0. The van der Waals surface area contributed by atoms with E-state index in [1.165, 1.54) is 57.8 Å². The van der Waals surface area contributed by atoms with Crippen LogP contribution in [0, 0.1) is 0 Å². The van der Waals surface area contributed by atoms with Gasteiger partial charge in [-0.3, -0.25) is 4.79 Å². The van der Waals surface area contributed by atoms with Crippen molar-refractivity contribution >= 4 is 5.97 Å². The third-order valence-corrected chi connectivity index (χ3v) is 12.2. The minimum atomic E-state index is -1.71. The summed E-state index contributed by atoms with van der Waals surface area (Å²) >= 11 is 0. The molecule has 69 heavy (non-hydrogen) atoms. The first-order valence-corrected chi connectivity index (χ1v) is 26.5. The Bertz CT molecular complexity index is 1410. The van der Waals surface area contributed by atoms with Crippen LogP contribution in [-0.4, -0.2) is 142 Å². The zero-order valence-corrected chi connectivity index (χ0v) is 42.3. The van der Waals surface area contributed by atoms with E-state index in [1.807, 2.05) is 0 Å². The fourth-order valence-corrected chi connectivity index (χ4v) is 7.93. The lowest BCUT2D eigenvalue weighted by molar-refractivity contribution is -0.332. The van der Waals surface area contributed by atoms with Gasteiger partial charge >= 0.3 is 5.97 Å². The zero-order valence-electron chi connectivity index (χ0n) is 42.3. The van der Waals surface area contributed by atoms with Crippen molar-refractivity contribution < 1.29 is 69.0 Å². The largest absolute Gasteiger partial charge is 0.457 e. The zero-order chi connectivity index (χ0) is 50.2. The van der Waals surface area contributed by atoms with Crippen LogP contribution in [0.2, 0.25) is 0 Å². The van der Waals surface area contributed by atoms with Crippen molar-refractivity contribution in [3.8, 4) is 0 Å². The van der Waals surface area contributed by atoms with Crippen molar-refractivity contribution in [1.82, 2.24) is 0 Å². The van der Waals surface area contributed by atoms with Crippen molar-refractivity contribution in [3.63, 3.8) is 0 Å². The Balaban J connectivity index is 1.77. The number of carbonyl (C=O) groups excluding carboxylic acids is 1. The molecule has 2 heterocycles. The predicted molar refractivity (Wildman–Crippen MR) is 270 cm³/mol. The van der Waals surface area contributed by atoms with Crippen molar-refractivity contribution in [2.45, 2.75) is 235 Å². The van der Waals surface area contributed by atoms with Gasteiger partial charge in [0.1, 0.15) is 54.9 Å². The molecule has 2 aliphatic rings. The molecule has 0 bridgehead atoms. The third-order valence-electron chi connectivity index (χ3n) is 12.2. The van der Waals surface area contributed by atoms with Crippen molar-refractivity contribution in [1.29, 1.82) is 0 Å². The highest BCUT2D eigenvalue weighted by molar-refractivity contribution is 5.69. The van der Waals surface area contributed by atoms with Crippen molar-refractivity contribution in [3.05, 3.63) is 72.9 Å². The maximum atomic E-state index is 13.0. The van der Waals surface area contributed by atoms with Gasteiger partial charge in [0.25, 0.3) is 0 Å². The standard InChI is InChI=1S/C55H94O14/c1-3-5-7-9-11-13-15-17-18-19-20-21-22-23-24-25-27-29-31-33-35-37-39-64-41-44(67-47(57)38-36-34-32-30-28-26-16-14-12-10-8-6-4-2)42-65-54-53(63)51(61)49(59)46(69-54)43-66-55-52(62)50(60)48(58)45(40-56)68-55/h5,7,11,13,17-18,20-21,23-24,27,29,44-46,48-56,58-63H,3-4,6,8-10,12,14-16,19,22,25-26,28,30-43H2,1-2H3/b7-5-,13-11-,18-17-,21-20-,24-23-,29-27-.